The fourth-order valence-electron chi connectivity index (χ4n) is 2.93. The van der Waals surface area contributed by atoms with Crippen LogP contribution >= 0.6 is 0 Å². The van der Waals surface area contributed by atoms with Gasteiger partial charge in [0.2, 0.25) is 0 Å². The highest BCUT2D eigenvalue weighted by atomic mass is 32.2. The first kappa shape index (κ1) is 19.4. The van der Waals surface area contributed by atoms with E-state index >= 15 is 0 Å². The number of sulfone groups is 1. The molecule has 0 radical (unpaired) electrons. The van der Waals surface area contributed by atoms with Gasteiger partial charge in [0.05, 0.1) is 23.7 Å². The van der Waals surface area contributed by atoms with Gasteiger partial charge in [-0.3, -0.25) is 0 Å². The zero-order valence-electron chi connectivity index (χ0n) is 16.2. The van der Waals surface area contributed by atoms with Gasteiger partial charge in [-0.05, 0) is 39.0 Å². The number of nitrogens with zero attached hydrogens (tertiary/aromatic N) is 4. The predicted molar refractivity (Wildman–Crippen MR) is 106 cm³/mol. The van der Waals surface area contributed by atoms with E-state index in [9.17, 15) is 8.42 Å². The van der Waals surface area contributed by atoms with Crippen LogP contribution in [-0.4, -0.2) is 56.4 Å². The van der Waals surface area contributed by atoms with Crippen LogP contribution in [0.5, 0.6) is 5.75 Å². The number of aromatic nitrogens is 2. The Morgan fingerprint density at radius 2 is 1.67 bits per heavy atom. The maximum absolute atomic E-state index is 12.5. The number of piperazine rings is 1. The molecule has 1 saturated heterocycles. The summed E-state index contributed by atoms with van der Waals surface area (Å²) in [6.07, 6.45) is 3.40. The van der Waals surface area contributed by atoms with Crippen molar-refractivity contribution in [3.05, 3.63) is 36.7 Å². The van der Waals surface area contributed by atoms with Gasteiger partial charge in [-0.15, -0.1) is 0 Å². The molecule has 0 amide bonds. The molecule has 0 bridgehead atoms. The Bertz CT molecular complexity index is 884. The van der Waals surface area contributed by atoms with Gasteiger partial charge in [0.25, 0.3) is 0 Å². The first-order valence-corrected chi connectivity index (χ1v) is 10.4. The molecular formula is C19H26N4O3S. The van der Waals surface area contributed by atoms with E-state index < -0.39 is 14.6 Å². The molecule has 2 aromatic rings. The van der Waals surface area contributed by atoms with E-state index in [-0.39, 0.29) is 5.03 Å². The lowest BCUT2D eigenvalue weighted by atomic mass is 10.2. The predicted octanol–water partition coefficient (Wildman–Crippen LogP) is 2.38. The fraction of sp³-hybridized carbons (Fsp3) is 0.474. The van der Waals surface area contributed by atoms with Gasteiger partial charge in [0.15, 0.2) is 14.9 Å². The molecule has 0 N–H and O–H groups in total. The average molecular weight is 391 g/mol. The van der Waals surface area contributed by atoms with Gasteiger partial charge < -0.3 is 14.5 Å². The molecular weight excluding hydrogens is 364 g/mol. The quantitative estimate of drug-likeness (QED) is 0.793. The monoisotopic (exact) mass is 390 g/mol. The highest BCUT2D eigenvalue weighted by molar-refractivity contribution is 7.92. The van der Waals surface area contributed by atoms with Gasteiger partial charge in [-0.2, -0.15) is 0 Å². The third kappa shape index (κ3) is 4.00. The Labute approximate surface area is 160 Å². The third-order valence-corrected chi connectivity index (χ3v) is 7.13. The van der Waals surface area contributed by atoms with Crippen LogP contribution in [0.25, 0.3) is 0 Å². The maximum Gasteiger partial charge on any atom is 0.200 e. The second kappa shape index (κ2) is 7.34. The molecule has 1 aliphatic heterocycles. The van der Waals surface area contributed by atoms with Crippen LogP contribution in [0.4, 0.5) is 11.5 Å². The van der Waals surface area contributed by atoms with Crippen LogP contribution in [0.1, 0.15) is 20.8 Å². The molecule has 0 unspecified atom stereocenters. The number of hydrogen-bond acceptors (Lipinski definition) is 7. The number of anilines is 2. The number of ether oxygens (including phenoxy) is 1. The van der Waals surface area contributed by atoms with Crippen molar-refractivity contribution in [3.8, 4) is 5.75 Å². The fourth-order valence-corrected chi connectivity index (χ4v) is 3.99. The van der Waals surface area contributed by atoms with Gasteiger partial charge in [0, 0.05) is 38.4 Å². The van der Waals surface area contributed by atoms with Crippen molar-refractivity contribution in [2.45, 2.75) is 30.5 Å². The summed E-state index contributed by atoms with van der Waals surface area (Å²) in [4.78, 5) is 13.1. The van der Waals surface area contributed by atoms with E-state index in [1.54, 1.807) is 46.3 Å². The number of pyridine rings is 2. The molecule has 0 saturated carbocycles. The van der Waals surface area contributed by atoms with Crippen LogP contribution in [0.15, 0.2) is 41.7 Å². The van der Waals surface area contributed by atoms with E-state index in [2.05, 4.69) is 19.8 Å². The van der Waals surface area contributed by atoms with Gasteiger partial charge in [-0.25, -0.2) is 18.4 Å². The van der Waals surface area contributed by atoms with Gasteiger partial charge in [-0.1, -0.05) is 0 Å². The van der Waals surface area contributed by atoms with Crippen molar-refractivity contribution in [2.75, 3.05) is 43.1 Å². The molecule has 1 aliphatic rings. The van der Waals surface area contributed by atoms with E-state index in [0.717, 1.165) is 43.4 Å². The minimum Gasteiger partial charge on any atom is -0.497 e. The third-order valence-electron chi connectivity index (χ3n) is 4.72. The van der Waals surface area contributed by atoms with Crippen molar-refractivity contribution >= 4 is 21.3 Å². The zero-order chi connectivity index (χ0) is 19.7. The minimum atomic E-state index is -3.43. The first-order valence-electron chi connectivity index (χ1n) is 8.93. The van der Waals surface area contributed by atoms with E-state index in [1.165, 1.54) is 0 Å². The lowest BCUT2D eigenvalue weighted by Crippen LogP contribution is -2.46. The summed E-state index contributed by atoms with van der Waals surface area (Å²) in [6, 6.07) is 7.21. The molecule has 27 heavy (non-hydrogen) atoms. The summed E-state index contributed by atoms with van der Waals surface area (Å²) in [5.41, 5.74) is 0.932. The van der Waals surface area contributed by atoms with Gasteiger partial charge >= 0.3 is 0 Å². The molecule has 3 heterocycles. The minimum absolute atomic E-state index is 0.123. The molecule has 0 aromatic carbocycles. The largest absolute Gasteiger partial charge is 0.497 e. The van der Waals surface area contributed by atoms with Crippen LogP contribution in [0.2, 0.25) is 0 Å². The molecule has 0 aliphatic carbocycles. The Hall–Kier alpha value is -2.35. The van der Waals surface area contributed by atoms with Crippen LogP contribution < -0.4 is 14.5 Å². The summed E-state index contributed by atoms with van der Waals surface area (Å²) in [5.74, 6) is 1.70. The van der Waals surface area contributed by atoms with Crippen LogP contribution in [0.3, 0.4) is 0 Å². The summed E-state index contributed by atoms with van der Waals surface area (Å²) < 4.78 is 29.4. The maximum atomic E-state index is 12.5. The van der Waals surface area contributed by atoms with Crippen molar-refractivity contribution in [3.63, 3.8) is 0 Å². The Morgan fingerprint density at radius 1 is 1.00 bits per heavy atom. The number of rotatable bonds is 4. The topological polar surface area (TPSA) is 75.6 Å². The summed E-state index contributed by atoms with van der Waals surface area (Å²) in [7, 11) is -1.79. The van der Waals surface area contributed by atoms with Crippen molar-refractivity contribution < 1.29 is 13.2 Å². The normalized spacial score (nSPS) is 15.7. The molecule has 8 heteroatoms. The van der Waals surface area contributed by atoms with Crippen molar-refractivity contribution in [1.29, 1.82) is 0 Å². The summed E-state index contributed by atoms with van der Waals surface area (Å²) in [6.45, 7) is 8.32. The first-order chi connectivity index (χ1) is 12.7. The highest BCUT2D eigenvalue weighted by Gasteiger charge is 2.32. The Morgan fingerprint density at radius 3 is 2.22 bits per heavy atom. The zero-order valence-corrected chi connectivity index (χ0v) is 17.0. The molecule has 0 atom stereocenters. The summed E-state index contributed by atoms with van der Waals surface area (Å²) >= 11 is 0. The van der Waals surface area contributed by atoms with Crippen LogP contribution in [-0.2, 0) is 9.84 Å². The van der Waals surface area contributed by atoms with E-state index in [0.29, 0.717) is 0 Å². The Balaban J connectivity index is 1.68. The van der Waals surface area contributed by atoms with E-state index in [1.807, 2.05) is 18.2 Å². The van der Waals surface area contributed by atoms with Gasteiger partial charge in [0.1, 0.15) is 11.6 Å². The second-order valence-corrected chi connectivity index (χ2v) is 10.1. The van der Waals surface area contributed by atoms with Crippen LogP contribution in [0, 0.1) is 0 Å². The molecule has 7 nitrogen and oxygen atoms in total. The Kier molecular flexibility index (Phi) is 5.28. The van der Waals surface area contributed by atoms with E-state index in [4.69, 9.17) is 4.74 Å². The highest BCUT2D eigenvalue weighted by Crippen LogP contribution is 2.26. The standard InChI is InChI=1S/C19H26N4O3S/c1-19(2,3)27(24,25)18-6-5-15(14-21-18)22-9-11-23(12-10-22)17-13-16(26-4)7-8-20-17/h5-8,13-14H,9-12H2,1-4H3. The average Bonchev–Trinajstić information content (AvgIpc) is 2.67. The number of hydrogen-bond donors (Lipinski definition) is 0. The summed E-state index contributed by atoms with van der Waals surface area (Å²) in [5, 5.41) is 0.123. The number of methoxy groups -OCH3 is 1. The SMILES string of the molecule is COc1ccnc(N2CCN(c3ccc(S(=O)(=O)C(C)(C)C)nc3)CC2)c1. The molecule has 146 valence electrons. The molecule has 1 fully saturated rings. The molecule has 3 rings (SSSR count). The molecule has 0 spiro atoms. The lowest BCUT2D eigenvalue weighted by molar-refractivity contribution is 0.414. The lowest BCUT2D eigenvalue weighted by Gasteiger charge is -2.36. The molecule has 2 aromatic heterocycles. The van der Waals surface area contributed by atoms with Crippen molar-refractivity contribution in [1.82, 2.24) is 9.97 Å². The smallest absolute Gasteiger partial charge is 0.200 e. The second-order valence-electron chi connectivity index (χ2n) is 7.50. The van der Waals surface area contributed by atoms with Crippen molar-refractivity contribution in [2.24, 2.45) is 0 Å².